The van der Waals surface area contributed by atoms with Crippen LogP contribution in [0.1, 0.15) is 12.5 Å². The van der Waals surface area contributed by atoms with Crippen LogP contribution < -0.4 is 5.32 Å². The minimum absolute atomic E-state index is 0.288. The van der Waals surface area contributed by atoms with Crippen molar-refractivity contribution in [1.82, 2.24) is 20.0 Å². The zero-order chi connectivity index (χ0) is 16.1. The smallest absolute Gasteiger partial charge is 0.237 e. The molecule has 1 amide bonds. The van der Waals surface area contributed by atoms with Gasteiger partial charge >= 0.3 is 0 Å². The minimum Gasteiger partial charge on any atom is -0.336 e. The largest absolute Gasteiger partial charge is 0.336 e. The Labute approximate surface area is 139 Å². The summed E-state index contributed by atoms with van der Waals surface area (Å²) in [5.41, 5.74) is 1.37. The van der Waals surface area contributed by atoms with Crippen LogP contribution in [0.15, 0.2) is 30.3 Å². The molecular formula is C18H28N4O. The third-order valence-electron chi connectivity index (χ3n) is 4.89. The van der Waals surface area contributed by atoms with Crippen LogP contribution >= 0.6 is 0 Å². The monoisotopic (exact) mass is 316 g/mol. The number of carbonyl (C=O) groups is 1. The number of carbonyl (C=O) groups excluding carboxylic acids is 1. The first-order valence-electron chi connectivity index (χ1n) is 8.71. The summed E-state index contributed by atoms with van der Waals surface area (Å²) in [6.07, 6.45) is 0. The van der Waals surface area contributed by atoms with Gasteiger partial charge in [-0.15, -0.1) is 0 Å². The van der Waals surface area contributed by atoms with Gasteiger partial charge in [0, 0.05) is 58.4 Å². The van der Waals surface area contributed by atoms with Crippen LogP contribution in [0.25, 0.3) is 0 Å². The van der Waals surface area contributed by atoms with Crippen molar-refractivity contribution in [3.8, 4) is 0 Å². The number of piperazine rings is 2. The molecule has 2 aliphatic rings. The van der Waals surface area contributed by atoms with Crippen LogP contribution in [-0.4, -0.2) is 79.0 Å². The summed E-state index contributed by atoms with van der Waals surface area (Å²) in [4.78, 5) is 19.3. The maximum Gasteiger partial charge on any atom is 0.237 e. The van der Waals surface area contributed by atoms with Crippen molar-refractivity contribution in [2.24, 2.45) is 0 Å². The van der Waals surface area contributed by atoms with E-state index in [0.29, 0.717) is 12.6 Å². The van der Waals surface area contributed by atoms with Crippen molar-refractivity contribution < 1.29 is 4.79 Å². The third-order valence-corrected chi connectivity index (χ3v) is 4.89. The lowest BCUT2D eigenvalue weighted by Crippen LogP contribution is -2.56. The molecule has 1 atom stereocenters. The highest BCUT2D eigenvalue weighted by Gasteiger charge is 2.26. The summed E-state index contributed by atoms with van der Waals surface area (Å²) in [7, 11) is 0. The average Bonchev–Trinajstić information content (AvgIpc) is 2.58. The van der Waals surface area contributed by atoms with E-state index in [1.165, 1.54) is 5.56 Å². The SMILES string of the molecule is CC1CNCCN1C(=O)CN1CCN(Cc2ccccc2)CC1. The lowest BCUT2D eigenvalue weighted by molar-refractivity contribution is -0.135. The maximum atomic E-state index is 12.5. The molecule has 2 aliphatic heterocycles. The highest BCUT2D eigenvalue weighted by Crippen LogP contribution is 2.10. The van der Waals surface area contributed by atoms with Crippen molar-refractivity contribution in [3.63, 3.8) is 0 Å². The van der Waals surface area contributed by atoms with Crippen LogP contribution in [0.3, 0.4) is 0 Å². The summed E-state index contributed by atoms with van der Waals surface area (Å²) in [6.45, 7) is 10.4. The normalized spacial score (nSPS) is 23.9. The Balaban J connectivity index is 1.43. The van der Waals surface area contributed by atoms with E-state index in [1.807, 2.05) is 4.90 Å². The zero-order valence-corrected chi connectivity index (χ0v) is 14.1. The van der Waals surface area contributed by atoms with Crippen LogP contribution in [0.5, 0.6) is 0 Å². The van der Waals surface area contributed by atoms with E-state index in [0.717, 1.165) is 52.4 Å². The fraction of sp³-hybridized carbons (Fsp3) is 0.611. The number of hydrogen-bond donors (Lipinski definition) is 1. The van der Waals surface area contributed by atoms with Crippen LogP contribution in [0.4, 0.5) is 0 Å². The predicted octanol–water partition coefficient (Wildman–Crippen LogP) is 0.625. The van der Waals surface area contributed by atoms with Crippen molar-refractivity contribution in [2.75, 3.05) is 52.4 Å². The maximum absolute atomic E-state index is 12.5. The summed E-state index contributed by atoms with van der Waals surface area (Å²) < 4.78 is 0. The Morgan fingerprint density at radius 3 is 2.48 bits per heavy atom. The number of hydrogen-bond acceptors (Lipinski definition) is 4. The molecule has 1 unspecified atom stereocenters. The van der Waals surface area contributed by atoms with Gasteiger partial charge < -0.3 is 10.2 Å². The van der Waals surface area contributed by atoms with Gasteiger partial charge in [0.1, 0.15) is 0 Å². The quantitative estimate of drug-likeness (QED) is 0.884. The van der Waals surface area contributed by atoms with E-state index in [1.54, 1.807) is 0 Å². The molecule has 0 radical (unpaired) electrons. The molecule has 0 aromatic heterocycles. The molecule has 0 bridgehead atoms. The van der Waals surface area contributed by atoms with E-state index in [4.69, 9.17) is 0 Å². The first-order valence-corrected chi connectivity index (χ1v) is 8.71. The van der Waals surface area contributed by atoms with E-state index in [2.05, 4.69) is 52.4 Å². The fourth-order valence-electron chi connectivity index (χ4n) is 3.44. The highest BCUT2D eigenvalue weighted by molar-refractivity contribution is 5.78. The third kappa shape index (κ3) is 4.53. The number of nitrogens with one attached hydrogen (secondary N) is 1. The number of rotatable bonds is 4. The van der Waals surface area contributed by atoms with E-state index < -0.39 is 0 Å². The van der Waals surface area contributed by atoms with E-state index >= 15 is 0 Å². The van der Waals surface area contributed by atoms with Gasteiger partial charge in [0.2, 0.25) is 5.91 Å². The second kappa shape index (κ2) is 7.90. The molecule has 3 rings (SSSR count). The molecular weight excluding hydrogens is 288 g/mol. The molecule has 2 fully saturated rings. The second-order valence-electron chi connectivity index (χ2n) is 6.68. The Morgan fingerprint density at radius 1 is 1.09 bits per heavy atom. The van der Waals surface area contributed by atoms with Crippen molar-refractivity contribution in [1.29, 1.82) is 0 Å². The first kappa shape index (κ1) is 16.4. The fourth-order valence-corrected chi connectivity index (χ4v) is 3.44. The Kier molecular flexibility index (Phi) is 5.65. The van der Waals surface area contributed by atoms with Gasteiger partial charge in [0.05, 0.1) is 6.54 Å². The summed E-state index contributed by atoms with van der Waals surface area (Å²) in [5, 5.41) is 3.34. The van der Waals surface area contributed by atoms with Crippen molar-refractivity contribution in [3.05, 3.63) is 35.9 Å². The van der Waals surface area contributed by atoms with Gasteiger partial charge in [0.15, 0.2) is 0 Å². The molecule has 0 spiro atoms. The Morgan fingerprint density at radius 2 is 1.78 bits per heavy atom. The number of benzene rings is 1. The number of amides is 1. The van der Waals surface area contributed by atoms with Gasteiger partial charge in [-0.05, 0) is 12.5 Å². The highest BCUT2D eigenvalue weighted by atomic mass is 16.2. The predicted molar refractivity (Wildman–Crippen MR) is 92.2 cm³/mol. The molecule has 5 heteroatoms. The lowest BCUT2D eigenvalue weighted by atomic mass is 10.2. The van der Waals surface area contributed by atoms with Gasteiger partial charge in [-0.1, -0.05) is 30.3 Å². The summed E-state index contributed by atoms with van der Waals surface area (Å²) in [6, 6.07) is 10.9. The lowest BCUT2D eigenvalue weighted by Gasteiger charge is -2.38. The first-order chi connectivity index (χ1) is 11.2. The molecule has 0 saturated carbocycles. The standard InChI is InChI=1S/C18H28N4O/c1-16-13-19-7-8-22(16)18(23)15-21-11-9-20(10-12-21)14-17-5-3-2-4-6-17/h2-6,16,19H,7-15H2,1H3. The van der Waals surface area contributed by atoms with Gasteiger partial charge in [-0.25, -0.2) is 0 Å². The Hall–Kier alpha value is -1.43. The second-order valence-corrected chi connectivity index (χ2v) is 6.68. The topological polar surface area (TPSA) is 38.8 Å². The molecule has 23 heavy (non-hydrogen) atoms. The van der Waals surface area contributed by atoms with Crippen LogP contribution in [0.2, 0.25) is 0 Å². The molecule has 126 valence electrons. The summed E-state index contributed by atoms with van der Waals surface area (Å²) in [5.74, 6) is 0.288. The molecule has 2 saturated heterocycles. The van der Waals surface area contributed by atoms with Gasteiger partial charge in [0.25, 0.3) is 0 Å². The molecule has 1 N–H and O–H groups in total. The Bertz CT molecular complexity index is 499. The van der Waals surface area contributed by atoms with E-state index in [-0.39, 0.29) is 5.91 Å². The van der Waals surface area contributed by atoms with Gasteiger partial charge in [-0.3, -0.25) is 14.6 Å². The van der Waals surface area contributed by atoms with Gasteiger partial charge in [-0.2, -0.15) is 0 Å². The molecule has 1 aromatic rings. The van der Waals surface area contributed by atoms with Crippen molar-refractivity contribution in [2.45, 2.75) is 19.5 Å². The van der Waals surface area contributed by atoms with E-state index in [9.17, 15) is 4.79 Å². The average molecular weight is 316 g/mol. The molecule has 2 heterocycles. The number of nitrogens with zero attached hydrogens (tertiary/aromatic N) is 3. The molecule has 1 aromatic carbocycles. The van der Waals surface area contributed by atoms with Crippen LogP contribution in [-0.2, 0) is 11.3 Å². The zero-order valence-electron chi connectivity index (χ0n) is 14.1. The van der Waals surface area contributed by atoms with Crippen molar-refractivity contribution >= 4 is 5.91 Å². The summed E-state index contributed by atoms with van der Waals surface area (Å²) >= 11 is 0. The molecule has 5 nitrogen and oxygen atoms in total. The molecule has 0 aliphatic carbocycles. The van der Waals surface area contributed by atoms with Crippen LogP contribution in [0, 0.1) is 0 Å². The minimum atomic E-state index is 0.288.